The van der Waals surface area contributed by atoms with Crippen LogP contribution in [0.5, 0.6) is 0 Å². The number of amides is 1. The maximum Gasteiger partial charge on any atom is 0.222 e. The van der Waals surface area contributed by atoms with Crippen LogP contribution >= 0.6 is 24.0 Å². The van der Waals surface area contributed by atoms with Gasteiger partial charge in [0.15, 0.2) is 5.96 Å². The molecule has 0 aliphatic carbocycles. The van der Waals surface area contributed by atoms with E-state index in [0.717, 1.165) is 36.6 Å². The molecule has 0 bridgehead atoms. The molecule has 1 heterocycles. The quantitative estimate of drug-likeness (QED) is 0.233. The van der Waals surface area contributed by atoms with E-state index in [1.165, 1.54) is 16.3 Å². The first kappa shape index (κ1) is 25.0. The van der Waals surface area contributed by atoms with Crippen LogP contribution < -0.4 is 10.6 Å². The Labute approximate surface area is 213 Å². The maximum absolute atomic E-state index is 11.9. The van der Waals surface area contributed by atoms with Gasteiger partial charge in [-0.1, -0.05) is 66.7 Å². The van der Waals surface area contributed by atoms with Gasteiger partial charge in [-0.05, 0) is 47.7 Å². The summed E-state index contributed by atoms with van der Waals surface area (Å²) in [5.74, 6) is 1.06. The number of rotatable bonds is 7. The summed E-state index contributed by atoms with van der Waals surface area (Å²) in [6, 6.07) is 23.4. The van der Waals surface area contributed by atoms with E-state index in [9.17, 15) is 4.79 Å². The van der Waals surface area contributed by atoms with Crippen LogP contribution in [0.1, 0.15) is 49.4 Å². The molecule has 3 aromatic carbocycles. The van der Waals surface area contributed by atoms with Gasteiger partial charge in [0, 0.05) is 26.1 Å². The highest BCUT2D eigenvalue weighted by Gasteiger charge is 2.20. The zero-order valence-electron chi connectivity index (χ0n) is 19.4. The second-order valence-corrected chi connectivity index (χ2v) is 8.37. The summed E-state index contributed by atoms with van der Waals surface area (Å²) in [5, 5.41) is 9.43. The molecule has 33 heavy (non-hydrogen) atoms. The zero-order valence-corrected chi connectivity index (χ0v) is 21.7. The molecule has 1 saturated heterocycles. The van der Waals surface area contributed by atoms with Crippen molar-refractivity contribution in [1.29, 1.82) is 0 Å². The molecule has 4 rings (SSSR count). The molecular weight excluding hydrogens is 523 g/mol. The number of carbonyl (C=O) groups excluding carboxylic acids is 1. The Morgan fingerprint density at radius 2 is 1.82 bits per heavy atom. The first-order valence-electron chi connectivity index (χ1n) is 11.5. The van der Waals surface area contributed by atoms with Crippen LogP contribution in [-0.2, 0) is 17.9 Å². The zero-order chi connectivity index (χ0) is 22.3. The van der Waals surface area contributed by atoms with Crippen LogP contribution in [0.3, 0.4) is 0 Å². The highest BCUT2D eigenvalue weighted by molar-refractivity contribution is 14.0. The van der Waals surface area contributed by atoms with Crippen LogP contribution in [0.25, 0.3) is 10.8 Å². The Morgan fingerprint density at radius 3 is 2.61 bits per heavy atom. The normalized spacial score (nSPS) is 14.8. The van der Waals surface area contributed by atoms with Crippen LogP contribution in [0.2, 0.25) is 0 Å². The Hall–Kier alpha value is -2.61. The van der Waals surface area contributed by atoms with E-state index >= 15 is 0 Å². The van der Waals surface area contributed by atoms with Crippen LogP contribution in [0.4, 0.5) is 0 Å². The minimum absolute atomic E-state index is 0. The largest absolute Gasteiger partial charge is 0.357 e. The van der Waals surface area contributed by atoms with Crippen molar-refractivity contribution in [1.82, 2.24) is 15.5 Å². The van der Waals surface area contributed by atoms with E-state index in [1.807, 2.05) is 4.90 Å². The Balaban J connectivity index is 0.00000306. The van der Waals surface area contributed by atoms with Crippen molar-refractivity contribution in [2.75, 3.05) is 13.1 Å². The molecule has 1 atom stereocenters. The molecule has 1 aliphatic rings. The molecule has 6 heteroatoms. The van der Waals surface area contributed by atoms with Gasteiger partial charge in [-0.15, -0.1) is 24.0 Å². The maximum atomic E-state index is 11.9. The van der Waals surface area contributed by atoms with E-state index in [2.05, 4.69) is 91.2 Å². The van der Waals surface area contributed by atoms with E-state index in [0.29, 0.717) is 19.5 Å². The van der Waals surface area contributed by atoms with Crippen LogP contribution in [0.15, 0.2) is 71.7 Å². The lowest BCUT2D eigenvalue weighted by molar-refractivity contribution is -0.128. The molecule has 1 fully saturated rings. The average Bonchev–Trinajstić information content (AvgIpc) is 3.21. The predicted octanol–water partition coefficient (Wildman–Crippen LogP) is 5.40. The molecule has 1 amide bonds. The molecule has 0 aromatic heterocycles. The summed E-state index contributed by atoms with van der Waals surface area (Å²) in [5.41, 5.74) is 3.56. The van der Waals surface area contributed by atoms with Gasteiger partial charge in [0.1, 0.15) is 0 Å². The fraction of sp³-hybridized carbons (Fsp3) is 0.333. The number of aliphatic imine (C=N–C) groups is 1. The smallest absolute Gasteiger partial charge is 0.222 e. The number of fused-ring (bicyclic) bond motifs is 1. The Bertz CT molecular complexity index is 1110. The molecule has 0 spiro atoms. The number of guanidine groups is 1. The third-order valence-electron chi connectivity index (χ3n) is 5.94. The summed E-state index contributed by atoms with van der Waals surface area (Å²) in [6.45, 7) is 7.18. The fourth-order valence-electron chi connectivity index (χ4n) is 4.32. The molecule has 0 saturated carbocycles. The highest BCUT2D eigenvalue weighted by atomic mass is 127. The Morgan fingerprint density at radius 1 is 1.06 bits per heavy atom. The molecule has 3 aromatic rings. The van der Waals surface area contributed by atoms with Gasteiger partial charge in [0.2, 0.25) is 5.91 Å². The topological polar surface area (TPSA) is 56.7 Å². The lowest BCUT2D eigenvalue weighted by Gasteiger charge is -2.20. The van der Waals surface area contributed by atoms with Gasteiger partial charge in [-0.3, -0.25) is 4.79 Å². The monoisotopic (exact) mass is 556 g/mol. The summed E-state index contributed by atoms with van der Waals surface area (Å²) < 4.78 is 0. The standard InChI is InChI=1S/C27H32N4O.HI/c1-3-28-27(30-20(2)24-14-7-12-23-11-4-5-13-25(23)24)29-18-21-9-6-10-22(17-21)19-31-16-8-15-26(31)32;/h4-7,9-14,17,20H,3,8,15-16,18-19H2,1-2H3,(H2,28,29,30);1H. The Kier molecular flexibility index (Phi) is 9.11. The first-order chi connectivity index (χ1) is 15.6. The van der Waals surface area contributed by atoms with Gasteiger partial charge >= 0.3 is 0 Å². The second kappa shape index (κ2) is 12.0. The number of benzene rings is 3. The lowest BCUT2D eigenvalue weighted by atomic mass is 10.00. The lowest BCUT2D eigenvalue weighted by Crippen LogP contribution is -2.38. The molecule has 0 radical (unpaired) electrons. The third-order valence-corrected chi connectivity index (χ3v) is 5.94. The number of nitrogens with zero attached hydrogens (tertiary/aromatic N) is 2. The van der Waals surface area contributed by atoms with Gasteiger partial charge in [-0.2, -0.15) is 0 Å². The van der Waals surface area contributed by atoms with E-state index in [-0.39, 0.29) is 35.9 Å². The third kappa shape index (κ3) is 6.47. The van der Waals surface area contributed by atoms with Crippen molar-refractivity contribution < 1.29 is 4.79 Å². The van der Waals surface area contributed by atoms with Gasteiger partial charge in [-0.25, -0.2) is 4.99 Å². The van der Waals surface area contributed by atoms with Crippen molar-refractivity contribution in [2.45, 2.75) is 45.8 Å². The predicted molar refractivity (Wildman–Crippen MR) is 147 cm³/mol. The first-order valence-corrected chi connectivity index (χ1v) is 11.5. The molecule has 1 aliphatic heterocycles. The molecule has 5 nitrogen and oxygen atoms in total. The van der Waals surface area contributed by atoms with Crippen molar-refractivity contribution in [3.05, 3.63) is 83.4 Å². The van der Waals surface area contributed by atoms with E-state index in [1.54, 1.807) is 0 Å². The average molecular weight is 556 g/mol. The number of likely N-dealkylation sites (tertiary alicyclic amines) is 1. The van der Waals surface area contributed by atoms with Gasteiger partial charge in [0.05, 0.1) is 12.6 Å². The fourth-order valence-corrected chi connectivity index (χ4v) is 4.32. The highest BCUT2D eigenvalue weighted by Crippen LogP contribution is 2.24. The van der Waals surface area contributed by atoms with Crippen molar-refractivity contribution in [3.63, 3.8) is 0 Å². The molecular formula is C27H33IN4O. The number of hydrogen-bond donors (Lipinski definition) is 2. The van der Waals surface area contributed by atoms with Crippen LogP contribution in [-0.4, -0.2) is 29.9 Å². The summed E-state index contributed by atoms with van der Waals surface area (Å²) >= 11 is 0. The van der Waals surface area contributed by atoms with Gasteiger partial charge < -0.3 is 15.5 Å². The van der Waals surface area contributed by atoms with E-state index in [4.69, 9.17) is 4.99 Å². The number of halogens is 1. The number of carbonyl (C=O) groups is 1. The van der Waals surface area contributed by atoms with Gasteiger partial charge in [0.25, 0.3) is 0 Å². The van der Waals surface area contributed by atoms with Crippen molar-refractivity contribution >= 4 is 46.6 Å². The van der Waals surface area contributed by atoms with E-state index < -0.39 is 0 Å². The van der Waals surface area contributed by atoms with Crippen molar-refractivity contribution in [3.8, 4) is 0 Å². The number of nitrogens with one attached hydrogen (secondary N) is 2. The minimum atomic E-state index is 0. The molecule has 2 N–H and O–H groups in total. The SMILES string of the molecule is CCNC(=NCc1cccc(CN2CCCC2=O)c1)NC(C)c1cccc2ccccc12.I. The molecule has 174 valence electrons. The number of hydrogen-bond acceptors (Lipinski definition) is 2. The van der Waals surface area contributed by atoms with Crippen molar-refractivity contribution in [2.24, 2.45) is 4.99 Å². The molecule has 1 unspecified atom stereocenters. The van der Waals surface area contributed by atoms with Crippen LogP contribution in [0, 0.1) is 0 Å². The summed E-state index contributed by atoms with van der Waals surface area (Å²) in [7, 11) is 0. The summed E-state index contributed by atoms with van der Waals surface area (Å²) in [6.07, 6.45) is 1.64. The minimum Gasteiger partial charge on any atom is -0.357 e. The second-order valence-electron chi connectivity index (χ2n) is 8.37. The summed E-state index contributed by atoms with van der Waals surface area (Å²) in [4.78, 5) is 18.7.